The summed E-state index contributed by atoms with van der Waals surface area (Å²) >= 11 is 0. The Morgan fingerprint density at radius 1 is 1.06 bits per heavy atom. The molecule has 0 spiro atoms. The molecule has 162 valence electrons. The quantitative estimate of drug-likeness (QED) is 0.359. The number of fused-ring (bicyclic) bond motifs is 1. The zero-order chi connectivity index (χ0) is 22.6. The second-order valence-corrected chi connectivity index (χ2v) is 9.13. The van der Waals surface area contributed by atoms with Crippen LogP contribution >= 0.6 is 0 Å². The van der Waals surface area contributed by atoms with Crippen LogP contribution < -0.4 is 4.74 Å². The number of benzene rings is 3. The Morgan fingerprint density at radius 2 is 1.77 bits per heavy atom. The highest BCUT2D eigenvalue weighted by molar-refractivity contribution is 7.91. The molecule has 0 saturated carbocycles. The standard InChI is InChI=1S/C24H23FO5S/c1-4-29-23(26)13-7-17-14-18-6-8-19(25)15-22(18)24(16(17)3)30-20-9-11-21(12-10-20)31(27,28)5-2/h6-15H,4-5H2,1-3H3/b13-7+. The van der Waals surface area contributed by atoms with Gasteiger partial charge in [-0.25, -0.2) is 17.6 Å². The highest BCUT2D eigenvalue weighted by atomic mass is 32.2. The molecular weight excluding hydrogens is 419 g/mol. The number of rotatable bonds is 7. The largest absolute Gasteiger partial charge is 0.463 e. The Bertz CT molecular complexity index is 1250. The molecule has 0 unspecified atom stereocenters. The van der Waals surface area contributed by atoms with E-state index in [2.05, 4.69) is 0 Å². The molecular formula is C24H23FO5S. The van der Waals surface area contributed by atoms with Gasteiger partial charge in [-0.2, -0.15) is 0 Å². The first-order valence-corrected chi connectivity index (χ1v) is 11.5. The lowest BCUT2D eigenvalue weighted by Crippen LogP contribution is -2.03. The zero-order valence-electron chi connectivity index (χ0n) is 17.5. The predicted molar refractivity (Wildman–Crippen MR) is 119 cm³/mol. The zero-order valence-corrected chi connectivity index (χ0v) is 18.3. The normalized spacial score (nSPS) is 11.7. The van der Waals surface area contributed by atoms with Gasteiger partial charge in [0.05, 0.1) is 17.3 Å². The van der Waals surface area contributed by atoms with Crippen LogP contribution in [-0.4, -0.2) is 26.7 Å². The van der Waals surface area contributed by atoms with Gasteiger partial charge in [0.2, 0.25) is 0 Å². The van der Waals surface area contributed by atoms with E-state index in [0.717, 1.165) is 5.39 Å². The highest BCUT2D eigenvalue weighted by Gasteiger charge is 2.15. The van der Waals surface area contributed by atoms with Gasteiger partial charge in [-0.15, -0.1) is 0 Å². The highest BCUT2D eigenvalue weighted by Crippen LogP contribution is 2.37. The molecule has 0 aromatic heterocycles. The molecule has 3 aromatic carbocycles. The van der Waals surface area contributed by atoms with Crippen LogP contribution in [0, 0.1) is 12.7 Å². The van der Waals surface area contributed by atoms with Gasteiger partial charge in [0.15, 0.2) is 9.84 Å². The van der Waals surface area contributed by atoms with Crippen molar-refractivity contribution in [3.63, 3.8) is 0 Å². The van der Waals surface area contributed by atoms with Crippen molar-refractivity contribution in [1.82, 2.24) is 0 Å². The first kappa shape index (κ1) is 22.5. The summed E-state index contributed by atoms with van der Waals surface area (Å²) in [6.07, 6.45) is 2.95. The minimum Gasteiger partial charge on any atom is -0.463 e. The third-order valence-corrected chi connectivity index (χ3v) is 6.56. The SMILES string of the molecule is CCOC(=O)/C=C/c1cc2ccc(F)cc2c(Oc2ccc(S(=O)(=O)CC)cc2)c1C. The van der Waals surface area contributed by atoms with Crippen LogP contribution in [0.1, 0.15) is 25.0 Å². The molecule has 0 saturated heterocycles. The summed E-state index contributed by atoms with van der Waals surface area (Å²) < 4.78 is 49.0. The Kier molecular flexibility index (Phi) is 6.75. The minimum absolute atomic E-state index is 0.00503. The van der Waals surface area contributed by atoms with Crippen LogP contribution in [0.2, 0.25) is 0 Å². The third-order valence-electron chi connectivity index (χ3n) is 4.81. The average Bonchev–Trinajstić information content (AvgIpc) is 2.75. The number of halogens is 1. The molecule has 0 aliphatic heterocycles. The second-order valence-electron chi connectivity index (χ2n) is 6.85. The monoisotopic (exact) mass is 442 g/mol. The van der Waals surface area contributed by atoms with Crippen molar-refractivity contribution in [3.8, 4) is 11.5 Å². The van der Waals surface area contributed by atoms with E-state index in [4.69, 9.17) is 9.47 Å². The summed E-state index contributed by atoms with van der Waals surface area (Å²) in [6, 6.07) is 12.3. The van der Waals surface area contributed by atoms with Gasteiger partial charge in [-0.1, -0.05) is 13.0 Å². The molecule has 31 heavy (non-hydrogen) atoms. The van der Waals surface area contributed by atoms with E-state index < -0.39 is 21.6 Å². The number of hydrogen-bond acceptors (Lipinski definition) is 5. The van der Waals surface area contributed by atoms with Gasteiger partial charge in [0.1, 0.15) is 17.3 Å². The van der Waals surface area contributed by atoms with Gasteiger partial charge in [0, 0.05) is 11.5 Å². The number of sulfone groups is 1. The Hall–Kier alpha value is -3.19. The van der Waals surface area contributed by atoms with Gasteiger partial charge in [-0.3, -0.25) is 0 Å². The first-order chi connectivity index (χ1) is 14.7. The van der Waals surface area contributed by atoms with Crippen LogP contribution in [0.4, 0.5) is 4.39 Å². The van der Waals surface area contributed by atoms with E-state index in [-0.39, 0.29) is 17.3 Å². The number of ether oxygens (including phenoxy) is 2. The maximum absolute atomic E-state index is 14.0. The lowest BCUT2D eigenvalue weighted by atomic mass is 9.99. The third kappa shape index (κ3) is 5.11. The smallest absolute Gasteiger partial charge is 0.330 e. The van der Waals surface area contributed by atoms with Crippen molar-refractivity contribution in [2.75, 3.05) is 12.4 Å². The van der Waals surface area contributed by atoms with Crippen LogP contribution in [0.5, 0.6) is 11.5 Å². The van der Waals surface area contributed by atoms with E-state index in [1.807, 2.05) is 6.07 Å². The van der Waals surface area contributed by atoms with Crippen molar-refractivity contribution in [3.05, 3.63) is 71.6 Å². The van der Waals surface area contributed by atoms with E-state index in [1.54, 1.807) is 45.0 Å². The Morgan fingerprint density at radius 3 is 2.42 bits per heavy atom. The summed E-state index contributed by atoms with van der Waals surface area (Å²) in [5, 5.41) is 1.30. The molecule has 0 amide bonds. The van der Waals surface area contributed by atoms with Crippen molar-refractivity contribution >= 4 is 32.7 Å². The molecule has 3 rings (SSSR count). The summed E-state index contributed by atoms with van der Waals surface area (Å²) in [5.74, 6) is -0.0282. The fourth-order valence-electron chi connectivity index (χ4n) is 3.11. The molecule has 0 N–H and O–H groups in total. The maximum Gasteiger partial charge on any atom is 0.330 e. The maximum atomic E-state index is 14.0. The van der Waals surface area contributed by atoms with Crippen LogP contribution in [0.25, 0.3) is 16.8 Å². The minimum atomic E-state index is -3.32. The first-order valence-electron chi connectivity index (χ1n) is 9.83. The number of esters is 1. The van der Waals surface area contributed by atoms with Gasteiger partial charge >= 0.3 is 5.97 Å². The number of hydrogen-bond donors (Lipinski definition) is 0. The molecule has 0 radical (unpaired) electrons. The van der Waals surface area contributed by atoms with Crippen molar-refractivity contribution in [2.45, 2.75) is 25.7 Å². The molecule has 7 heteroatoms. The number of carbonyl (C=O) groups excluding carboxylic acids is 1. The molecule has 0 bridgehead atoms. The Balaban J connectivity index is 2.06. The van der Waals surface area contributed by atoms with E-state index in [9.17, 15) is 17.6 Å². The van der Waals surface area contributed by atoms with Crippen LogP contribution in [0.15, 0.2) is 59.5 Å². The lowest BCUT2D eigenvalue weighted by molar-refractivity contribution is -0.137. The van der Waals surface area contributed by atoms with Crippen LogP contribution in [-0.2, 0) is 19.4 Å². The van der Waals surface area contributed by atoms with Gasteiger partial charge < -0.3 is 9.47 Å². The fraction of sp³-hybridized carbons (Fsp3) is 0.208. The molecule has 0 aliphatic rings. The van der Waals surface area contributed by atoms with Crippen molar-refractivity contribution in [1.29, 1.82) is 0 Å². The fourth-order valence-corrected chi connectivity index (χ4v) is 4.00. The molecule has 0 atom stereocenters. The molecule has 0 aliphatic carbocycles. The molecule has 0 fully saturated rings. The lowest BCUT2D eigenvalue weighted by Gasteiger charge is -2.15. The molecule has 0 heterocycles. The second kappa shape index (κ2) is 9.31. The predicted octanol–water partition coefficient (Wildman–Crippen LogP) is 5.45. The number of carbonyl (C=O) groups is 1. The summed E-state index contributed by atoms with van der Waals surface area (Å²) in [6.45, 7) is 5.39. The van der Waals surface area contributed by atoms with Gasteiger partial charge in [-0.05, 0) is 78.9 Å². The summed E-state index contributed by atoms with van der Waals surface area (Å²) in [4.78, 5) is 11.9. The van der Waals surface area contributed by atoms with Crippen molar-refractivity contribution in [2.24, 2.45) is 0 Å². The van der Waals surface area contributed by atoms with Crippen LogP contribution in [0.3, 0.4) is 0 Å². The average molecular weight is 443 g/mol. The van der Waals surface area contributed by atoms with E-state index >= 15 is 0 Å². The van der Waals surface area contributed by atoms with Gasteiger partial charge in [0.25, 0.3) is 0 Å². The summed E-state index contributed by atoms with van der Waals surface area (Å²) in [7, 11) is -3.32. The molecule has 5 nitrogen and oxygen atoms in total. The van der Waals surface area contributed by atoms with Crippen molar-refractivity contribution < 1.29 is 27.1 Å². The topological polar surface area (TPSA) is 69.7 Å². The van der Waals surface area contributed by atoms with E-state index in [1.165, 1.54) is 30.3 Å². The Labute approximate surface area is 181 Å². The summed E-state index contributed by atoms with van der Waals surface area (Å²) in [5.41, 5.74) is 1.41. The van der Waals surface area contributed by atoms with E-state index in [0.29, 0.717) is 28.0 Å². The molecule has 3 aromatic rings.